The number of aryl methyl sites for hydroxylation is 1. The highest BCUT2D eigenvalue weighted by Gasteiger charge is 2.43. The molecular weight excluding hydrogens is 323 g/mol. The summed E-state index contributed by atoms with van der Waals surface area (Å²) < 4.78 is 21.1. The molecule has 25 heavy (non-hydrogen) atoms. The summed E-state index contributed by atoms with van der Waals surface area (Å²) in [4.78, 5) is 16.7. The zero-order valence-corrected chi connectivity index (χ0v) is 14.3. The summed E-state index contributed by atoms with van der Waals surface area (Å²) in [6.45, 7) is 3.92. The Kier molecular flexibility index (Phi) is 5.03. The highest BCUT2D eigenvalue weighted by molar-refractivity contribution is 5.97. The summed E-state index contributed by atoms with van der Waals surface area (Å²) in [7, 11) is 0. The predicted molar refractivity (Wildman–Crippen MR) is 91.9 cm³/mol. The molecule has 1 fully saturated rings. The predicted octanol–water partition coefficient (Wildman–Crippen LogP) is 1.88. The van der Waals surface area contributed by atoms with E-state index in [-0.39, 0.29) is 23.5 Å². The summed E-state index contributed by atoms with van der Waals surface area (Å²) >= 11 is 0. The SMILES string of the molecule is Cc1nccn1CC1(CNC(=O)c2cc(F)ccc2OCCN)CC1. The van der Waals surface area contributed by atoms with Gasteiger partial charge in [-0.3, -0.25) is 4.79 Å². The van der Waals surface area contributed by atoms with Crippen LogP contribution < -0.4 is 15.8 Å². The minimum Gasteiger partial charge on any atom is -0.491 e. The number of halogens is 1. The number of nitrogens with two attached hydrogens (primary N) is 1. The van der Waals surface area contributed by atoms with E-state index in [1.165, 1.54) is 18.2 Å². The molecule has 134 valence electrons. The number of imidazole rings is 1. The van der Waals surface area contributed by atoms with Crippen LogP contribution in [0.1, 0.15) is 29.0 Å². The summed E-state index contributed by atoms with van der Waals surface area (Å²) in [5, 5.41) is 2.93. The first-order valence-corrected chi connectivity index (χ1v) is 8.41. The summed E-state index contributed by atoms with van der Waals surface area (Å²) in [5.41, 5.74) is 5.67. The maximum atomic E-state index is 13.5. The average molecular weight is 346 g/mol. The first kappa shape index (κ1) is 17.4. The molecule has 0 aliphatic heterocycles. The van der Waals surface area contributed by atoms with Crippen molar-refractivity contribution >= 4 is 5.91 Å². The maximum Gasteiger partial charge on any atom is 0.255 e. The minimum absolute atomic E-state index is 0.0483. The van der Waals surface area contributed by atoms with E-state index in [9.17, 15) is 9.18 Å². The number of hydrogen-bond donors (Lipinski definition) is 2. The van der Waals surface area contributed by atoms with Crippen molar-refractivity contribution in [1.29, 1.82) is 0 Å². The largest absolute Gasteiger partial charge is 0.491 e. The number of benzene rings is 1. The third kappa shape index (κ3) is 4.17. The Morgan fingerprint density at radius 2 is 2.28 bits per heavy atom. The van der Waals surface area contributed by atoms with Crippen LogP contribution in [0.25, 0.3) is 0 Å². The van der Waals surface area contributed by atoms with Gasteiger partial charge >= 0.3 is 0 Å². The second-order valence-corrected chi connectivity index (χ2v) is 6.56. The van der Waals surface area contributed by atoms with Crippen molar-refractivity contribution in [1.82, 2.24) is 14.9 Å². The molecule has 3 rings (SSSR count). The first-order chi connectivity index (χ1) is 12.0. The van der Waals surface area contributed by atoms with Crippen LogP contribution in [0, 0.1) is 18.2 Å². The lowest BCUT2D eigenvalue weighted by Gasteiger charge is -2.18. The van der Waals surface area contributed by atoms with Crippen molar-refractivity contribution in [3.05, 3.63) is 47.8 Å². The number of nitrogens with one attached hydrogen (secondary N) is 1. The van der Waals surface area contributed by atoms with E-state index in [2.05, 4.69) is 14.9 Å². The highest BCUT2D eigenvalue weighted by atomic mass is 19.1. The Hall–Kier alpha value is -2.41. The molecule has 1 aromatic heterocycles. The van der Waals surface area contributed by atoms with Gasteiger partial charge in [-0.25, -0.2) is 9.37 Å². The fourth-order valence-electron chi connectivity index (χ4n) is 2.84. The van der Waals surface area contributed by atoms with Gasteiger partial charge in [0, 0.05) is 37.4 Å². The molecule has 1 aliphatic carbocycles. The summed E-state index contributed by atoms with van der Waals surface area (Å²) in [6.07, 6.45) is 5.82. The minimum atomic E-state index is -0.472. The number of amides is 1. The standard InChI is InChI=1S/C18H23FN4O2/c1-13-21-7-8-23(13)12-18(4-5-18)11-22-17(24)15-10-14(19)2-3-16(15)25-9-6-20/h2-3,7-8,10H,4-6,9,11-12,20H2,1H3,(H,22,24). The smallest absolute Gasteiger partial charge is 0.255 e. The van der Waals surface area contributed by atoms with Crippen LogP contribution in [0.4, 0.5) is 4.39 Å². The van der Waals surface area contributed by atoms with Crippen LogP contribution in [0.5, 0.6) is 5.75 Å². The van der Waals surface area contributed by atoms with Gasteiger partial charge in [-0.1, -0.05) is 0 Å². The normalized spacial score (nSPS) is 15.0. The molecule has 0 unspecified atom stereocenters. The van der Waals surface area contributed by atoms with Gasteiger partial charge in [-0.15, -0.1) is 0 Å². The number of hydrogen-bond acceptors (Lipinski definition) is 4. The summed E-state index contributed by atoms with van der Waals surface area (Å²) in [5.74, 6) is 0.500. The van der Waals surface area contributed by atoms with Crippen LogP contribution >= 0.6 is 0 Å². The zero-order valence-electron chi connectivity index (χ0n) is 14.3. The number of aromatic nitrogens is 2. The van der Waals surface area contributed by atoms with Gasteiger partial charge in [-0.05, 0) is 38.0 Å². The first-order valence-electron chi connectivity index (χ1n) is 8.41. The molecule has 1 saturated carbocycles. The van der Waals surface area contributed by atoms with Gasteiger partial charge in [0.15, 0.2) is 0 Å². The molecule has 1 heterocycles. The van der Waals surface area contributed by atoms with Crippen LogP contribution in [-0.2, 0) is 6.54 Å². The number of nitrogens with zero attached hydrogens (tertiary/aromatic N) is 2. The molecular formula is C18H23FN4O2. The molecule has 0 saturated heterocycles. The molecule has 7 heteroatoms. The van der Waals surface area contributed by atoms with Gasteiger partial charge in [0.05, 0.1) is 5.56 Å². The van der Waals surface area contributed by atoms with Gasteiger partial charge in [0.2, 0.25) is 0 Å². The van der Waals surface area contributed by atoms with Crippen molar-refractivity contribution < 1.29 is 13.9 Å². The molecule has 0 radical (unpaired) electrons. The van der Waals surface area contributed by atoms with E-state index in [1.807, 2.05) is 13.1 Å². The van der Waals surface area contributed by atoms with Crippen molar-refractivity contribution in [2.45, 2.75) is 26.3 Å². The number of ether oxygens (including phenoxy) is 1. The van der Waals surface area contributed by atoms with E-state index >= 15 is 0 Å². The topological polar surface area (TPSA) is 82.2 Å². The van der Waals surface area contributed by atoms with E-state index in [1.54, 1.807) is 6.20 Å². The van der Waals surface area contributed by atoms with Crippen molar-refractivity contribution in [3.8, 4) is 5.75 Å². The summed E-state index contributed by atoms with van der Waals surface area (Å²) in [6, 6.07) is 3.93. The van der Waals surface area contributed by atoms with E-state index in [0.29, 0.717) is 18.8 Å². The molecule has 1 amide bonds. The van der Waals surface area contributed by atoms with E-state index < -0.39 is 5.82 Å². The highest BCUT2D eigenvalue weighted by Crippen LogP contribution is 2.46. The quantitative estimate of drug-likeness (QED) is 0.765. The monoisotopic (exact) mass is 346 g/mol. The number of rotatable bonds is 8. The third-order valence-corrected chi connectivity index (χ3v) is 4.57. The van der Waals surface area contributed by atoms with Gasteiger partial charge < -0.3 is 20.4 Å². The molecule has 0 bridgehead atoms. The van der Waals surface area contributed by atoms with E-state index in [0.717, 1.165) is 25.2 Å². The fourth-order valence-corrected chi connectivity index (χ4v) is 2.84. The second kappa shape index (κ2) is 7.23. The molecule has 2 aromatic rings. The lowest BCUT2D eigenvalue weighted by Crippen LogP contribution is -2.32. The van der Waals surface area contributed by atoms with Crippen LogP contribution in [0.3, 0.4) is 0 Å². The average Bonchev–Trinajstić information content (AvgIpc) is 3.26. The molecule has 0 spiro atoms. The molecule has 3 N–H and O–H groups in total. The van der Waals surface area contributed by atoms with Gasteiger partial charge in [0.1, 0.15) is 24.0 Å². The van der Waals surface area contributed by atoms with Crippen LogP contribution in [0.2, 0.25) is 0 Å². The Bertz CT molecular complexity index is 755. The third-order valence-electron chi connectivity index (χ3n) is 4.57. The number of carbonyl (C=O) groups is 1. The van der Waals surface area contributed by atoms with Crippen molar-refractivity contribution in [2.75, 3.05) is 19.7 Å². The Balaban J connectivity index is 1.64. The second-order valence-electron chi connectivity index (χ2n) is 6.56. The Morgan fingerprint density at radius 3 is 2.92 bits per heavy atom. The fraction of sp³-hybridized carbons (Fsp3) is 0.444. The lowest BCUT2D eigenvalue weighted by atomic mass is 10.1. The molecule has 0 atom stereocenters. The van der Waals surface area contributed by atoms with Crippen molar-refractivity contribution in [3.63, 3.8) is 0 Å². The van der Waals surface area contributed by atoms with Crippen LogP contribution in [0.15, 0.2) is 30.6 Å². The van der Waals surface area contributed by atoms with Crippen LogP contribution in [-0.4, -0.2) is 35.2 Å². The van der Waals surface area contributed by atoms with Crippen molar-refractivity contribution in [2.24, 2.45) is 11.1 Å². The molecule has 1 aromatic carbocycles. The number of carbonyl (C=O) groups excluding carboxylic acids is 1. The van der Waals surface area contributed by atoms with Gasteiger partial charge in [0.25, 0.3) is 5.91 Å². The Labute approximate surface area is 146 Å². The van der Waals surface area contributed by atoms with E-state index in [4.69, 9.17) is 10.5 Å². The maximum absolute atomic E-state index is 13.5. The molecule has 6 nitrogen and oxygen atoms in total. The lowest BCUT2D eigenvalue weighted by molar-refractivity contribution is 0.0938. The van der Waals surface area contributed by atoms with Gasteiger partial charge in [-0.2, -0.15) is 0 Å². The molecule has 1 aliphatic rings. The Morgan fingerprint density at radius 1 is 1.48 bits per heavy atom. The zero-order chi connectivity index (χ0) is 17.9.